The minimum atomic E-state index is -3.12. The summed E-state index contributed by atoms with van der Waals surface area (Å²) in [6, 6.07) is 14.9. The van der Waals surface area contributed by atoms with Gasteiger partial charge >= 0.3 is 0 Å². The summed E-state index contributed by atoms with van der Waals surface area (Å²) in [5.74, 6) is -0.187. The van der Waals surface area contributed by atoms with E-state index in [1.807, 2.05) is 30.5 Å². The number of thioether (sulfide) groups is 1. The van der Waals surface area contributed by atoms with Crippen LogP contribution in [-0.4, -0.2) is 38.8 Å². The molecule has 0 aliphatic carbocycles. The average Bonchev–Trinajstić information content (AvgIpc) is 2.53. The smallest absolute Gasteiger partial charge is 0.253 e. The second kappa shape index (κ2) is 7.85. The Hall–Kier alpha value is -1.79. The first kappa shape index (κ1) is 18.5. The molecule has 4 nitrogen and oxygen atoms in total. The minimum Gasteiger partial charge on any atom is -0.337 e. The van der Waals surface area contributed by atoms with Crippen molar-refractivity contribution in [2.75, 3.05) is 19.6 Å². The summed E-state index contributed by atoms with van der Waals surface area (Å²) in [6.07, 6.45) is 3.21. The van der Waals surface area contributed by atoms with Crippen LogP contribution in [0.4, 0.5) is 0 Å². The highest BCUT2D eigenvalue weighted by atomic mass is 32.2. The first-order valence-corrected chi connectivity index (χ1v) is 10.7. The summed E-state index contributed by atoms with van der Waals surface area (Å²) < 4.78 is 22.8. The molecule has 24 heavy (non-hydrogen) atoms. The van der Waals surface area contributed by atoms with Crippen molar-refractivity contribution >= 4 is 27.5 Å². The van der Waals surface area contributed by atoms with Crippen LogP contribution in [0.1, 0.15) is 21.5 Å². The number of hydrogen-bond donors (Lipinski definition) is 0. The number of sulfone groups is 1. The van der Waals surface area contributed by atoms with Gasteiger partial charge in [0.1, 0.15) is 0 Å². The first-order valence-electron chi connectivity index (χ1n) is 7.43. The van der Waals surface area contributed by atoms with Crippen molar-refractivity contribution in [3.8, 4) is 0 Å². The summed E-state index contributed by atoms with van der Waals surface area (Å²) in [5, 5.41) is 0. The monoisotopic (exact) mass is 363 g/mol. The molecule has 0 fully saturated rings. The Bertz CT molecular complexity index is 814. The molecule has 0 bridgehead atoms. The Morgan fingerprint density at radius 2 is 1.75 bits per heavy atom. The Kier molecular flexibility index (Phi) is 6.07. The number of nitrogens with zero attached hydrogens (tertiary/aromatic N) is 1. The summed E-state index contributed by atoms with van der Waals surface area (Å²) >= 11 is 1.68. The van der Waals surface area contributed by atoms with Crippen LogP contribution in [0.15, 0.2) is 53.4 Å². The molecule has 0 radical (unpaired) electrons. The SMILES string of the molecule is CSc1ccc(CN(C)C(=O)c2cccc(CS(C)(=O)=O)c2)cc1. The third-order valence-electron chi connectivity index (χ3n) is 3.53. The van der Waals surface area contributed by atoms with Crippen LogP contribution in [0, 0.1) is 0 Å². The van der Waals surface area contributed by atoms with Crippen LogP contribution in [0.25, 0.3) is 0 Å². The Morgan fingerprint density at radius 1 is 1.08 bits per heavy atom. The van der Waals surface area contributed by atoms with E-state index in [1.54, 1.807) is 48.0 Å². The predicted molar refractivity (Wildman–Crippen MR) is 99.0 cm³/mol. The van der Waals surface area contributed by atoms with Crippen LogP contribution in [0.2, 0.25) is 0 Å². The maximum absolute atomic E-state index is 12.6. The summed E-state index contributed by atoms with van der Waals surface area (Å²) in [7, 11) is -1.38. The fourth-order valence-electron chi connectivity index (χ4n) is 2.39. The van der Waals surface area contributed by atoms with Gasteiger partial charge in [0.15, 0.2) is 9.84 Å². The Balaban J connectivity index is 2.10. The quantitative estimate of drug-likeness (QED) is 0.740. The van der Waals surface area contributed by atoms with Crippen LogP contribution in [0.5, 0.6) is 0 Å². The van der Waals surface area contributed by atoms with Gasteiger partial charge in [0.05, 0.1) is 5.75 Å². The number of rotatable bonds is 6. The highest BCUT2D eigenvalue weighted by Crippen LogP contribution is 2.17. The second-order valence-electron chi connectivity index (χ2n) is 5.78. The van der Waals surface area contributed by atoms with Crippen molar-refractivity contribution < 1.29 is 13.2 Å². The van der Waals surface area contributed by atoms with E-state index in [0.717, 1.165) is 5.56 Å². The maximum atomic E-state index is 12.6. The standard InChI is InChI=1S/C18H21NO3S2/c1-19(12-14-7-9-17(23-2)10-8-14)18(20)16-6-4-5-15(11-16)13-24(3,21)22/h4-11H,12-13H2,1-3H3. The number of amides is 1. The molecule has 0 saturated heterocycles. The van der Waals surface area contributed by atoms with Crippen molar-refractivity contribution in [1.29, 1.82) is 0 Å². The van der Waals surface area contributed by atoms with Gasteiger partial charge in [-0.15, -0.1) is 11.8 Å². The van der Waals surface area contributed by atoms with Crippen LogP contribution in [-0.2, 0) is 22.1 Å². The highest BCUT2D eigenvalue weighted by Gasteiger charge is 2.14. The van der Waals surface area contributed by atoms with Crippen molar-refractivity contribution in [3.63, 3.8) is 0 Å². The Labute approximate surface area is 147 Å². The van der Waals surface area contributed by atoms with Gasteiger partial charge < -0.3 is 4.90 Å². The molecule has 2 rings (SSSR count). The summed E-state index contributed by atoms with van der Waals surface area (Å²) in [4.78, 5) is 15.4. The first-order chi connectivity index (χ1) is 11.3. The van der Waals surface area contributed by atoms with Crippen molar-refractivity contribution in [2.45, 2.75) is 17.2 Å². The predicted octanol–water partition coefficient (Wildman–Crippen LogP) is 3.23. The van der Waals surface area contributed by atoms with Gasteiger partial charge in [-0.05, 0) is 41.6 Å². The zero-order valence-corrected chi connectivity index (χ0v) is 15.7. The lowest BCUT2D eigenvalue weighted by Crippen LogP contribution is -2.26. The fourth-order valence-corrected chi connectivity index (χ4v) is 3.59. The van der Waals surface area contributed by atoms with Crippen LogP contribution >= 0.6 is 11.8 Å². The molecular weight excluding hydrogens is 342 g/mol. The molecule has 2 aromatic carbocycles. The molecule has 0 unspecified atom stereocenters. The van der Waals surface area contributed by atoms with Gasteiger partial charge in [-0.25, -0.2) is 8.42 Å². The number of benzene rings is 2. The molecule has 0 spiro atoms. The van der Waals surface area contributed by atoms with E-state index in [4.69, 9.17) is 0 Å². The maximum Gasteiger partial charge on any atom is 0.253 e. The van der Waals surface area contributed by atoms with Gasteiger partial charge in [0.2, 0.25) is 0 Å². The zero-order chi connectivity index (χ0) is 17.7. The largest absolute Gasteiger partial charge is 0.337 e. The van der Waals surface area contributed by atoms with Gasteiger partial charge in [-0.1, -0.05) is 24.3 Å². The van der Waals surface area contributed by atoms with E-state index in [2.05, 4.69) is 0 Å². The van der Waals surface area contributed by atoms with Crippen molar-refractivity contribution in [1.82, 2.24) is 4.90 Å². The molecule has 0 saturated carbocycles. The van der Waals surface area contributed by atoms with Crippen LogP contribution < -0.4 is 0 Å². The molecule has 1 amide bonds. The Morgan fingerprint density at radius 3 is 2.33 bits per heavy atom. The lowest BCUT2D eigenvalue weighted by molar-refractivity contribution is 0.0785. The zero-order valence-electron chi connectivity index (χ0n) is 14.0. The van der Waals surface area contributed by atoms with Crippen molar-refractivity contribution in [2.24, 2.45) is 0 Å². The van der Waals surface area contributed by atoms with E-state index >= 15 is 0 Å². The third-order valence-corrected chi connectivity index (χ3v) is 5.13. The second-order valence-corrected chi connectivity index (χ2v) is 8.80. The van der Waals surface area contributed by atoms with Gasteiger partial charge in [-0.3, -0.25) is 4.79 Å². The molecular formula is C18H21NO3S2. The normalized spacial score (nSPS) is 11.3. The molecule has 0 atom stereocenters. The third kappa shape index (κ3) is 5.39. The number of hydrogen-bond acceptors (Lipinski definition) is 4. The molecule has 6 heteroatoms. The van der Waals surface area contributed by atoms with E-state index in [1.165, 1.54) is 11.2 Å². The van der Waals surface area contributed by atoms with Crippen LogP contribution in [0.3, 0.4) is 0 Å². The summed E-state index contributed by atoms with van der Waals surface area (Å²) in [6.45, 7) is 0.504. The molecule has 0 heterocycles. The summed E-state index contributed by atoms with van der Waals surface area (Å²) in [5.41, 5.74) is 2.18. The molecule has 0 N–H and O–H groups in total. The van der Waals surface area contributed by atoms with E-state index < -0.39 is 9.84 Å². The molecule has 0 aromatic heterocycles. The van der Waals surface area contributed by atoms with E-state index in [-0.39, 0.29) is 11.7 Å². The number of carbonyl (C=O) groups excluding carboxylic acids is 1. The molecule has 0 aliphatic rings. The van der Waals surface area contributed by atoms with Gasteiger partial charge in [0, 0.05) is 30.3 Å². The topological polar surface area (TPSA) is 54.5 Å². The lowest BCUT2D eigenvalue weighted by atomic mass is 10.1. The molecule has 2 aromatic rings. The number of carbonyl (C=O) groups is 1. The molecule has 0 aliphatic heterocycles. The molecule has 128 valence electrons. The highest BCUT2D eigenvalue weighted by molar-refractivity contribution is 7.98. The van der Waals surface area contributed by atoms with Crippen molar-refractivity contribution in [3.05, 3.63) is 65.2 Å². The van der Waals surface area contributed by atoms with E-state index in [0.29, 0.717) is 17.7 Å². The van der Waals surface area contributed by atoms with Gasteiger partial charge in [-0.2, -0.15) is 0 Å². The van der Waals surface area contributed by atoms with Gasteiger partial charge in [0.25, 0.3) is 5.91 Å². The minimum absolute atomic E-state index is 0.0615. The van der Waals surface area contributed by atoms with E-state index in [9.17, 15) is 13.2 Å². The lowest BCUT2D eigenvalue weighted by Gasteiger charge is -2.18. The average molecular weight is 364 g/mol. The fraction of sp³-hybridized carbons (Fsp3) is 0.278.